The van der Waals surface area contributed by atoms with Crippen molar-refractivity contribution in [3.05, 3.63) is 28.3 Å². The number of thiazole rings is 1. The van der Waals surface area contributed by atoms with Crippen molar-refractivity contribution in [3.63, 3.8) is 0 Å². The largest absolute Gasteiger partial charge is 0.433 e. The third kappa shape index (κ3) is 1.50. The van der Waals surface area contributed by atoms with Crippen LogP contribution in [0.5, 0.6) is 0 Å². The lowest BCUT2D eigenvalue weighted by molar-refractivity contribution is 0.622. The van der Waals surface area contributed by atoms with Crippen LogP contribution in [0.3, 0.4) is 0 Å². The Bertz CT molecular complexity index is 647. The molecule has 4 nitrogen and oxygen atoms in total. The highest BCUT2D eigenvalue weighted by Crippen LogP contribution is 2.31. The van der Waals surface area contributed by atoms with E-state index in [9.17, 15) is 0 Å². The topological polar surface area (TPSA) is 64.9 Å². The van der Waals surface area contributed by atoms with Gasteiger partial charge < -0.3 is 10.2 Å². The molecule has 3 aromatic rings. The molecule has 6 heteroatoms. The number of fused-ring (bicyclic) bond motifs is 1. The molecule has 2 heterocycles. The van der Waals surface area contributed by atoms with Gasteiger partial charge in [-0.1, -0.05) is 15.9 Å². The number of hydrogen-bond donors (Lipinski definition) is 1. The van der Waals surface area contributed by atoms with Gasteiger partial charge in [0.2, 0.25) is 5.89 Å². The van der Waals surface area contributed by atoms with E-state index in [4.69, 9.17) is 10.2 Å². The van der Waals surface area contributed by atoms with Crippen LogP contribution in [-0.4, -0.2) is 9.97 Å². The molecule has 0 bridgehead atoms. The summed E-state index contributed by atoms with van der Waals surface area (Å²) in [6.45, 7) is 0. The van der Waals surface area contributed by atoms with Gasteiger partial charge in [-0.25, -0.2) is 4.98 Å². The van der Waals surface area contributed by atoms with Crippen molar-refractivity contribution in [2.24, 2.45) is 0 Å². The molecule has 0 unspecified atom stereocenters. The van der Waals surface area contributed by atoms with Gasteiger partial charge in [-0.2, -0.15) is 0 Å². The van der Waals surface area contributed by atoms with E-state index in [2.05, 4.69) is 25.9 Å². The van der Waals surface area contributed by atoms with Gasteiger partial charge in [0.15, 0.2) is 5.58 Å². The normalized spacial score (nSPS) is 11.1. The van der Waals surface area contributed by atoms with Crippen LogP contribution in [0.4, 0.5) is 5.69 Å². The van der Waals surface area contributed by atoms with E-state index >= 15 is 0 Å². The van der Waals surface area contributed by atoms with E-state index in [0.717, 1.165) is 14.9 Å². The number of benzene rings is 1. The van der Waals surface area contributed by atoms with E-state index in [1.165, 1.54) is 11.3 Å². The Labute approximate surface area is 103 Å². The van der Waals surface area contributed by atoms with Gasteiger partial charge in [-0.05, 0) is 12.1 Å². The van der Waals surface area contributed by atoms with E-state index in [0.29, 0.717) is 17.2 Å². The van der Waals surface area contributed by atoms with Crippen molar-refractivity contribution in [1.82, 2.24) is 9.97 Å². The average Bonchev–Trinajstić information content (AvgIpc) is 2.82. The maximum absolute atomic E-state index is 5.85. The van der Waals surface area contributed by atoms with Gasteiger partial charge in [0.05, 0.1) is 17.4 Å². The summed E-state index contributed by atoms with van der Waals surface area (Å²) in [7, 11) is 0. The van der Waals surface area contributed by atoms with Gasteiger partial charge in [-0.15, -0.1) is 11.3 Å². The lowest BCUT2D eigenvalue weighted by Crippen LogP contribution is -1.84. The maximum Gasteiger partial charge on any atom is 0.239 e. The summed E-state index contributed by atoms with van der Waals surface area (Å²) in [5.74, 6) is 0.558. The van der Waals surface area contributed by atoms with Gasteiger partial charge in [0, 0.05) is 4.47 Å². The van der Waals surface area contributed by atoms with Crippen LogP contribution in [0, 0.1) is 0 Å². The molecule has 0 amide bonds. The molecule has 16 heavy (non-hydrogen) atoms. The molecular weight excluding hydrogens is 290 g/mol. The monoisotopic (exact) mass is 295 g/mol. The molecule has 0 radical (unpaired) electrons. The molecule has 0 spiro atoms. The Morgan fingerprint density at radius 1 is 1.38 bits per heavy atom. The minimum Gasteiger partial charge on any atom is -0.433 e. The first-order chi connectivity index (χ1) is 7.74. The standard InChI is InChI=1S/C10H6BrN3OS/c11-5-1-6(12)9-7(2-5)14-10(15-9)8-3-13-4-16-8/h1-4H,12H2. The fraction of sp³-hybridized carbons (Fsp3) is 0. The van der Waals surface area contributed by atoms with Gasteiger partial charge in [0.1, 0.15) is 10.4 Å². The summed E-state index contributed by atoms with van der Waals surface area (Å²) in [4.78, 5) is 9.25. The number of nitrogens with two attached hydrogens (primary N) is 1. The number of halogens is 1. The highest BCUT2D eigenvalue weighted by molar-refractivity contribution is 9.10. The van der Waals surface area contributed by atoms with Crippen LogP contribution >= 0.6 is 27.3 Å². The SMILES string of the molecule is Nc1cc(Br)cc2nc(-c3cncs3)oc12. The second kappa shape index (κ2) is 3.57. The summed E-state index contributed by atoms with van der Waals surface area (Å²) in [6, 6.07) is 3.67. The summed E-state index contributed by atoms with van der Waals surface area (Å²) < 4.78 is 6.50. The molecule has 0 saturated carbocycles. The smallest absolute Gasteiger partial charge is 0.239 e. The number of nitrogens with zero attached hydrogens (tertiary/aromatic N) is 2. The molecule has 0 saturated heterocycles. The Hall–Kier alpha value is -1.40. The molecule has 0 aliphatic heterocycles. The number of anilines is 1. The molecule has 0 atom stereocenters. The minimum atomic E-state index is 0.558. The minimum absolute atomic E-state index is 0.558. The summed E-state index contributed by atoms with van der Waals surface area (Å²) in [5, 5.41) is 0. The molecular formula is C10H6BrN3OS. The Morgan fingerprint density at radius 2 is 2.25 bits per heavy atom. The third-order valence-electron chi connectivity index (χ3n) is 2.13. The highest BCUT2D eigenvalue weighted by atomic mass is 79.9. The third-order valence-corrected chi connectivity index (χ3v) is 3.35. The Morgan fingerprint density at radius 3 is 3.00 bits per heavy atom. The first-order valence-corrected chi connectivity index (χ1v) is 6.16. The zero-order chi connectivity index (χ0) is 11.1. The average molecular weight is 296 g/mol. The molecule has 2 N–H and O–H groups in total. The van der Waals surface area contributed by atoms with Crippen LogP contribution in [0.25, 0.3) is 21.9 Å². The van der Waals surface area contributed by atoms with E-state index in [1.54, 1.807) is 17.8 Å². The lowest BCUT2D eigenvalue weighted by Gasteiger charge is -1.93. The fourth-order valence-corrected chi connectivity index (χ4v) is 2.46. The van der Waals surface area contributed by atoms with Crippen molar-refractivity contribution in [1.29, 1.82) is 0 Å². The van der Waals surface area contributed by atoms with E-state index in [1.807, 2.05) is 6.07 Å². The zero-order valence-corrected chi connectivity index (χ0v) is 10.4. The summed E-state index contributed by atoms with van der Waals surface area (Å²) >= 11 is 4.85. The molecule has 0 fully saturated rings. The number of oxazole rings is 1. The highest BCUT2D eigenvalue weighted by Gasteiger charge is 2.12. The number of aromatic nitrogens is 2. The predicted octanol–water partition coefficient (Wildman–Crippen LogP) is 3.30. The number of rotatable bonds is 1. The molecule has 1 aromatic carbocycles. The second-order valence-electron chi connectivity index (χ2n) is 3.23. The molecule has 0 aliphatic carbocycles. The summed E-state index contributed by atoms with van der Waals surface area (Å²) in [6.07, 6.45) is 1.72. The Kier molecular flexibility index (Phi) is 2.19. The molecule has 80 valence electrons. The molecule has 2 aromatic heterocycles. The second-order valence-corrected chi connectivity index (χ2v) is 5.03. The predicted molar refractivity (Wildman–Crippen MR) is 67.2 cm³/mol. The maximum atomic E-state index is 5.85. The van der Waals surface area contributed by atoms with Crippen LogP contribution in [0.15, 0.2) is 32.7 Å². The molecule has 3 rings (SSSR count). The van der Waals surface area contributed by atoms with Crippen molar-refractivity contribution >= 4 is 44.1 Å². The van der Waals surface area contributed by atoms with Crippen molar-refractivity contribution in [3.8, 4) is 10.8 Å². The Balaban J connectivity index is 2.27. The first-order valence-electron chi connectivity index (χ1n) is 4.48. The number of hydrogen-bond acceptors (Lipinski definition) is 5. The van der Waals surface area contributed by atoms with Crippen molar-refractivity contribution < 1.29 is 4.42 Å². The van der Waals surface area contributed by atoms with E-state index < -0.39 is 0 Å². The first kappa shape index (κ1) is 9.80. The summed E-state index contributed by atoms with van der Waals surface area (Å²) in [5.41, 5.74) is 9.53. The van der Waals surface area contributed by atoms with Gasteiger partial charge in [-0.3, -0.25) is 4.98 Å². The van der Waals surface area contributed by atoms with Crippen molar-refractivity contribution in [2.45, 2.75) is 0 Å². The van der Waals surface area contributed by atoms with Crippen LogP contribution in [-0.2, 0) is 0 Å². The fourth-order valence-electron chi connectivity index (χ4n) is 1.45. The van der Waals surface area contributed by atoms with Gasteiger partial charge in [0.25, 0.3) is 0 Å². The van der Waals surface area contributed by atoms with Crippen molar-refractivity contribution in [2.75, 3.05) is 5.73 Å². The van der Waals surface area contributed by atoms with Gasteiger partial charge >= 0.3 is 0 Å². The zero-order valence-electron chi connectivity index (χ0n) is 7.98. The molecule has 0 aliphatic rings. The lowest BCUT2D eigenvalue weighted by atomic mass is 10.3. The number of nitrogen functional groups attached to an aromatic ring is 1. The van der Waals surface area contributed by atoms with E-state index in [-0.39, 0.29) is 0 Å². The van der Waals surface area contributed by atoms with Crippen LogP contribution < -0.4 is 5.73 Å². The van der Waals surface area contributed by atoms with Crippen LogP contribution in [0.2, 0.25) is 0 Å². The quantitative estimate of drug-likeness (QED) is 0.700. The van der Waals surface area contributed by atoms with Crippen LogP contribution in [0.1, 0.15) is 0 Å².